The first-order chi connectivity index (χ1) is 11.3. The lowest BCUT2D eigenvalue weighted by molar-refractivity contribution is 0.309. The van der Waals surface area contributed by atoms with Crippen molar-refractivity contribution in [2.45, 2.75) is 25.3 Å². The fourth-order valence-corrected chi connectivity index (χ4v) is 4.50. The van der Waals surface area contributed by atoms with Crippen LogP contribution < -0.4 is 5.32 Å². The van der Waals surface area contributed by atoms with Gasteiger partial charge in [-0.2, -0.15) is 17.0 Å². The number of anilines is 1. The first-order valence-corrected chi connectivity index (χ1v) is 9.66. The molecule has 134 valence electrons. The van der Waals surface area contributed by atoms with Crippen molar-refractivity contribution >= 4 is 16.0 Å². The molecule has 0 bridgehead atoms. The van der Waals surface area contributed by atoms with Crippen molar-refractivity contribution < 1.29 is 8.42 Å². The minimum Gasteiger partial charge on any atom is -0.373 e. The zero-order valence-electron chi connectivity index (χ0n) is 14.8. The number of rotatable bonds is 4. The van der Waals surface area contributed by atoms with Crippen molar-refractivity contribution in [1.29, 1.82) is 0 Å². The minimum atomic E-state index is -3.37. The van der Waals surface area contributed by atoms with E-state index in [-0.39, 0.29) is 5.92 Å². The number of nitrogens with zero attached hydrogens (tertiary/aromatic N) is 5. The van der Waals surface area contributed by atoms with E-state index < -0.39 is 10.2 Å². The molecule has 0 spiro atoms. The fraction of sp³-hybridized carbons (Fsp3) is 0.733. The van der Waals surface area contributed by atoms with Gasteiger partial charge in [0, 0.05) is 65.2 Å². The molecule has 1 aromatic rings. The second kappa shape index (κ2) is 6.55. The highest BCUT2D eigenvalue weighted by Gasteiger charge is 2.35. The van der Waals surface area contributed by atoms with Gasteiger partial charge in [-0.15, -0.1) is 0 Å². The maximum absolute atomic E-state index is 12.3. The Morgan fingerprint density at radius 1 is 1.25 bits per heavy atom. The average molecular weight is 354 g/mol. The van der Waals surface area contributed by atoms with Crippen LogP contribution in [0, 0.1) is 0 Å². The Morgan fingerprint density at radius 2 is 2.00 bits per heavy atom. The number of likely N-dealkylation sites (N-methyl/N-ethyl adjacent to an activating group) is 1. The molecule has 3 rings (SSSR count). The van der Waals surface area contributed by atoms with Crippen LogP contribution in [0.1, 0.15) is 29.4 Å². The molecule has 1 atom stereocenters. The van der Waals surface area contributed by atoms with E-state index in [9.17, 15) is 8.42 Å². The van der Waals surface area contributed by atoms with E-state index in [2.05, 4.69) is 17.3 Å². The third-order valence-electron chi connectivity index (χ3n) is 4.81. The lowest BCUT2D eigenvalue weighted by Crippen LogP contribution is -2.38. The quantitative estimate of drug-likeness (QED) is 0.826. The molecule has 0 radical (unpaired) electrons. The number of hydrogen-bond donors (Lipinski definition) is 1. The Kier molecular flexibility index (Phi) is 4.78. The molecule has 1 N–H and O–H groups in total. The molecule has 0 amide bonds. The van der Waals surface area contributed by atoms with E-state index in [1.54, 1.807) is 14.1 Å². The van der Waals surface area contributed by atoms with Crippen LogP contribution in [-0.2, 0) is 23.2 Å². The van der Waals surface area contributed by atoms with Crippen LogP contribution >= 0.6 is 0 Å². The average Bonchev–Trinajstić information content (AvgIpc) is 3.04. The summed E-state index contributed by atoms with van der Waals surface area (Å²) in [6.07, 6.45) is 1.66. The lowest BCUT2D eigenvalue weighted by atomic mass is 10.0. The Bertz CT molecular complexity index is 704. The van der Waals surface area contributed by atoms with E-state index in [0.29, 0.717) is 13.1 Å². The molecule has 1 aromatic heterocycles. The summed E-state index contributed by atoms with van der Waals surface area (Å²) in [7, 11) is 3.73. The highest BCUT2D eigenvalue weighted by atomic mass is 32.2. The minimum absolute atomic E-state index is 0.0526. The zero-order chi connectivity index (χ0) is 17.5. The zero-order valence-corrected chi connectivity index (χ0v) is 15.6. The van der Waals surface area contributed by atoms with Gasteiger partial charge in [0.15, 0.2) is 0 Å². The number of nitrogens with one attached hydrogen (secondary N) is 1. The molecule has 0 unspecified atom stereocenters. The van der Waals surface area contributed by atoms with Gasteiger partial charge in [-0.3, -0.25) is 0 Å². The van der Waals surface area contributed by atoms with Crippen molar-refractivity contribution in [3.63, 3.8) is 0 Å². The van der Waals surface area contributed by atoms with Crippen LogP contribution in [0.3, 0.4) is 0 Å². The highest BCUT2D eigenvalue weighted by Crippen LogP contribution is 2.31. The van der Waals surface area contributed by atoms with E-state index >= 15 is 0 Å². The van der Waals surface area contributed by atoms with Crippen LogP contribution in [0.5, 0.6) is 0 Å². The molecule has 2 aliphatic rings. The molecule has 2 aliphatic heterocycles. The van der Waals surface area contributed by atoms with Crippen molar-refractivity contribution in [3.8, 4) is 0 Å². The molecule has 1 fully saturated rings. The maximum atomic E-state index is 12.3. The van der Waals surface area contributed by atoms with Gasteiger partial charge in [0.2, 0.25) is 0 Å². The molecule has 0 saturated carbocycles. The van der Waals surface area contributed by atoms with E-state index in [4.69, 9.17) is 9.97 Å². The summed E-state index contributed by atoms with van der Waals surface area (Å²) in [5.74, 6) is 1.69. The number of fused-ring (bicyclic) bond motifs is 1. The first-order valence-electron chi connectivity index (χ1n) is 8.26. The lowest BCUT2D eigenvalue weighted by Gasteiger charge is -2.27. The van der Waals surface area contributed by atoms with Crippen LogP contribution in [0.4, 0.5) is 5.82 Å². The maximum Gasteiger partial charge on any atom is 0.281 e. The highest BCUT2D eigenvalue weighted by molar-refractivity contribution is 7.86. The second-order valence-corrected chi connectivity index (χ2v) is 8.87. The summed E-state index contributed by atoms with van der Waals surface area (Å²) in [5.41, 5.74) is 2.25. The van der Waals surface area contributed by atoms with E-state index in [0.717, 1.165) is 48.8 Å². The predicted molar refractivity (Wildman–Crippen MR) is 93.2 cm³/mol. The van der Waals surface area contributed by atoms with Gasteiger partial charge < -0.3 is 10.2 Å². The van der Waals surface area contributed by atoms with Gasteiger partial charge in [0.05, 0.1) is 5.69 Å². The monoisotopic (exact) mass is 354 g/mol. The Hall–Kier alpha value is -1.29. The molecule has 9 heteroatoms. The van der Waals surface area contributed by atoms with Gasteiger partial charge in [-0.05, 0) is 13.5 Å². The third kappa shape index (κ3) is 3.13. The van der Waals surface area contributed by atoms with Crippen molar-refractivity contribution in [2.75, 3.05) is 53.1 Å². The summed E-state index contributed by atoms with van der Waals surface area (Å²) in [5, 5.41) is 3.18. The van der Waals surface area contributed by atoms with Crippen LogP contribution in [0.15, 0.2) is 0 Å². The van der Waals surface area contributed by atoms with Gasteiger partial charge in [-0.1, -0.05) is 0 Å². The smallest absolute Gasteiger partial charge is 0.281 e. The molecule has 0 aliphatic carbocycles. The summed E-state index contributed by atoms with van der Waals surface area (Å²) in [6, 6.07) is 0. The summed E-state index contributed by atoms with van der Waals surface area (Å²) in [6.45, 7) is 2.79. The molecule has 8 nitrogen and oxygen atoms in total. The largest absolute Gasteiger partial charge is 0.373 e. The summed E-state index contributed by atoms with van der Waals surface area (Å²) < 4.78 is 27.4. The first kappa shape index (κ1) is 17.5. The predicted octanol–water partition coefficient (Wildman–Crippen LogP) is 0.102. The Labute approximate surface area is 144 Å². The van der Waals surface area contributed by atoms with Crippen LogP contribution in [0.25, 0.3) is 0 Å². The molecule has 24 heavy (non-hydrogen) atoms. The Balaban J connectivity index is 1.86. The van der Waals surface area contributed by atoms with Gasteiger partial charge in [0.1, 0.15) is 11.6 Å². The van der Waals surface area contributed by atoms with Gasteiger partial charge in [0.25, 0.3) is 10.2 Å². The second-order valence-electron chi connectivity index (χ2n) is 6.73. The molecule has 3 heterocycles. The van der Waals surface area contributed by atoms with Gasteiger partial charge >= 0.3 is 0 Å². The third-order valence-corrected chi connectivity index (χ3v) is 6.72. The van der Waals surface area contributed by atoms with E-state index in [1.807, 2.05) is 7.05 Å². The summed E-state index contributed by atoms with van der Waals surface area (Å²) >= 11 is 0. The van der Waals surface area contributed by atoms with Crippen molar-refractivity contribution in [1.82, 2.24) is 23.5 Å². The van der Waals surface area contributed by atoms with Crippen molar-refractivity contribution in [3.05, 3.63) is 17.1 Å². The standard InChI is InChI=1S/C15H26N6O2S/c1-16-15-12-10-20(4)7-6-13(12)17-14(18-15)11-5-8-21(9-11)24(22,23)19(2)3/h11H,5-10H2,1-4H3,(H,16,17,18)/t11-/m1/s1. The molecule has 1 saturated heterocycles. The van der Waals surface area contributed by atoms with Gasteiger partial charge in [-0.25, -0.2) is 9.97 Å². The normalized spacial score (nSPS) is 22.8. The van der Waals surface area contributed by atoms with Crippen LogP contribution in [-0.4, -0.2) is 79.7 Å². The summed E-state index contributed by atoms with van der Waals surface area (Å²) in [4.78, 5) is 11.7. The number of aromatic nitrogens is 2. The SMILES string of the molecule is CNc1nc([C@@H]2CCN(S(=O)(=O)N(C)C)C2)nc2c1CN(C)CC2. The Morgan fingerprint density at radius 3 is 2.67 bits per heavy atom. The molecule has 0 aromatic carbocycles. The van der Waals surface area contributed by atoms with Crippen molar-refractivity contribution in [2.24, 2.45) is 0 Å². The fourth-order valence-electron chi connectivity index (χ4n) is 3.34. The van der Waals surface area contributed by atoms with Crippen LogP contribution in [0.2, 0.25) is 0 Å². The molecular formula is C15H26N6O2S. The molecular weight excluding hydrogens is 328 g/mol. The number of hydrogen-bond acceptors (Lipinski definition) is 6. The van der Waals surface area contributed by atoms with E-state index in [1.165, 1.54) is 8.61 Å². The topological polar surface area (TPSA) is 81.7 Å².